The van der Waals surface area contributed by atoms with E-state index in [-0.39, 0.29) is 0 Å². The van der Waals surface area contributed by atoms with Crippen LogP contribution in [0, 0.1) is 6.92 Å². The van der Waals surface area contributed by atoms with Crippen LogP contribution in [0.25, 0.3) is 5.69 Å². The van der Waals surface area contributed by atoms with Crippen LogP contribution in [-0.2, 0) is 12.8 Å². The van der Waals surface area contributed by atoms with Gasteiger partial charge in [-0.3, -0.25) is 0 Å². The number of hydrogen-bond donors (Lipinski definition) is 1. The Labute approximate surface area is 101 Å². The van der Waals surface area contributed by atoms with Crippen molar-refractivity contribution in [2.75, 3.05) is 0 Å². The van der Waals surface area contributed by atoms with Crippen LogP contribution in [0.1, 0.15) is 29.8 Å². The van der Waals surface area contributed by atoms with Crippen molar-refractivity contribution in [2.45, 2.75) is 32.6 Å². The molecule has 0 saturated heterocycles. The first-order valence-electron chi connectivity index (χ1n) is 6.12. The van der Waals surface area contributed by atoms with E-state index in [1.807, 2.05) is 16.8 Å². The second-order valence-electron chi connectivity index (χ2n) is 4.65. The monoisotopic (exact) mass is 228 g/mol. The van der Waals surface area contributed by atoms with Crippen molar-refractivity contribution in [1.82, 2.24) is 9.78 Å². The molecule has 88 valence electrons. The van der Waals surface area contributed by atoms with E-state index < -0.39 is 0 Å². The van der Waals surface area contributed by atoms with Gasteiger partial charge in [0.25, 0.3) is 0 Å². The van der Waals surface area contributed by atoms with E-state index in [2.05, 4.69) is 12.0 Å². The average molecular weight is 228 g/mol. The van der Waals surface area contributed by atoms with E-state index in [9.17, 15) is 5.11 Å². The van der Waals surface area contributed by atoms with E-state index in [1.165, 1.54) is 24.1 Å². The number of hydrogen-bond acceptors (Lipinski definition) is 2. The van der Waals surface area contributed by atoms with Crippen LogP contribution in [0.5, 0.6) is 5.75 Å². The molecule has 3 heteroatoms. The van der Waals surface area contributed by atoms with Gasteiger partial charge in [0.05, 0.1) is 11.4 Å². The highest BCUT2D eigenvalue weighted by Crippen LogP contribution is 2.27. The summed E-state index contributed by atoms with van der Waals surface area (Å²) in [6, 6.07) is 7.30. The van der Waals surface area contributed by atoms with Gasteiger partial charge >= 0.3 is 0 Å². The molecule has 1 aromatic heterocycles. The molecule has 17 heavy (non-hydrogen) atoms. The number of phenolic OH excluding ortho intramolecular Hbond substituents is 1. The lowest BCUT2D eigenvalue weighted by molar-refractivity contribution is 0.474. The van der Waals surface area contributed by atoms with Crippen LogP contribution in [0.2, 0.25) is 0 Å². The minimum Gasteiger partial charge on any atom is -0.508 e. The van der Waals surface area contributed by atoms with Crippen molar-refractivity contribution in [1.29, 1.82) is 0 Å². The van der Waals surface area contributed by atoms with Gasteiger partial charge in [-0.1, -0.05) is 6.07 Å². The molecular formula is C14H16N2O. The van der Waals surface area contributed by atoms with E-state index >= 15 is 0 Å². The highest BCUT2D eigenvalue weighted by molar-refractivity contribution is 5.42. The first-order chi connectivity index (χ1) is 8.25. The predicted molar refractivity (Wildman–Crippen MR) is 66.6 cm³/mol. The number of rotatable bonds is 1. The van der Waals surface area contributed by atoms with Crippen LogP contribution in [0.15, 0.2) is 24.3 Å². The molecule has 3 rings (SSSR count). The molecule has 2 aromatic rings. The lowest BCUT2D eigenvalue weighted by atomic mass is 9.96. The summed E-state index contributed by atoms with van der Waals surface area (Å²) >= 11 is 0. The Balaban J connectivity index is 2.15. The smallest absolute Gasteiger partial charge is 0.117 e. The number of fused-ring (bicyclic) bond motifs is 1. The molecule has 1 aliphatic carbocycles. The summed E-state index contributed by atoms with van der Waals surface area (Å²) in [6.45, 7) is 2.07. The molecule has 1 aromatic carbocycles. The fourth-order valence-electron chi connectivity index (χ4n) is 2.62. The fraction of sp³-hybridized carbons (Fsp3) is 0.357. The van der Waals surface area contributed by atoms with Gasteiger partial charge in [0.1, 0.15) is 5.75 Å². The Bertz CT molecular complexity index is 557. The number of benzene rings is 1. The summed E-state index contributed by atoms with van der Waals surface area (Å²) in [4.78, 5) is 0. The van der Waals surface area contributed by atoms with Crippen molar-refractivity contribution >= 4 is 0 Å². The van der Waals surface area contributed by atoms with E-state index in [4.69, 9.17) is 0 Å². The molecule has 0 radical (unpaired) electrons. The maximum atomic E-state index is 9.54. The molecule has 1 aliphatic rings. The summed E-state index contributed by atoms with van der Waals surface area (Å²) in [5.41, 5.74) is 4.80. The highest BCUT2D eigenvalue weighted by Gasteiger charge is 2.19. The zero-order chi connectivity index (χ0) is 11.8. The molecule has 0 fully saturated rings. The third-order valence-electron chi connectivity index (χ3n) is 3.46. The molecule has 0 unspecified atom stereocenters. The Morgan fingerprint density at radius 3 is 2.88 bits per heavy atom. The lowest BCUT2D eigenvalue weighted by Crippen LogP contribution is -2.07. The van der Waals surface area contributed by atoms with E-state index in [0.717, 1.165) is 24.2 Å². The zero-order valence-electron chi connectivity index (χ0n) is 9.98. The standard InChI is InChI=1S/C14H16N2O/c1-10-13-7-2-3-8-14(13)16(15-10)11-5-4-6-12(17)9-11/h4-6,9,17H,2-3,7-8H2,1H3. The second-order valence-corrected chi connectivity index (χ2v) is 4.65. The van der Waals surface area contributed by atoms with Crippen molar-refractivity contribution < 1.29 is 5.11 Å². The quantitative estimate of drug-likeness (QED) is 0.815. The molecule has 0 amide bonds. The Morgan fingerprint density at radius 1 is 1.24 bits per heavy atom. The molecule has 1 N–H and O–H groups in total. The van der Waals surface area contributed by atoms with Crippen molar-refractivity contribution in [3.63, 3.8) is 0 Å². The molecule has 0 bridgehead atoms. The van der Waals surface area contributed by atoms with Crippen LogP contribution in [0.3, 0.4) is 0 Å². The average Bonchev–Trinajstić information content (AvgIpc) is 2.68. The Kier molecular flexibility index (Phi) is 2.39. The summed E-state index contributed by atoms with van der Waals surface area (Å²) in [6.07, 6.45) is 4.72. The van der Waals surface area contributed by atoms with Crippen LogP contribution < -0.4 is 0 Å². The molecule has 0 atom stereocenters. The Hall–Kier alpha value is -1.77. The first kappa shape index (κ1) is 10.4. The largest absolute Gasteiger partial charge is 0.508 e. The SMILES string of the molecule is Cc1nn(-c2cccc(O)c2)c2c1CCCC2. The van der Waals surface area contributed by atoms with Gasteiger partial charge in [0, 0.05) is 11.8 Å². The summed E-state index contributed by atoms with van der Waals surface area (Å²) in [5.74, 6) is 0.292. The van der Waals surface area contributed by atoms with Gasteiger partial charge in [-0.05, 0) is 50.3 Å². The lowest BCUT2D eigenvalue weighted by Gasteiger charge is -2.14. The zero-order valence-corrected chi connectivity index (χ0v) is 9.98. The van der Waals surface area contributed by atoms with Gasteiger partial charge in [-0.15, -0.1) is 0 Å². The normalized spacial score (nSPS) is 14.6. The number of aromatic nitrogens is 2. The molecule has 0 aliphatic heterocycles. The van der Waals surface area contributed by atoms with Gasteiger partial charge < -0.3 is 5.11 Å². The first-order valence-corrected chi connectivity index (χ1v) is 6.12. The second kappa shape index (κ2) is 3.91. The maximum absolute atomic E-state index is 9.54. The van der Waals surface area contributed by atoms with E-state index in [1.54, 1.807) is 12.1 Å². The summed E-state index contributed by atoms with van der Waals surface area (Å²) < 4.78 is 1.99. The fourth-order valence-corrected chi connectivity index (χ4v) is 2.62. The minimum absolute atomic E-state index is 0.292. The van der Waals surface area contributed by atoms with Crippen molar-refractivity contribution in [3.05, 3.63) is 41.2 Å². The summed E-state index contributed by atoms with van der Waals surface area (Å²) in [5, 5.41) is 14.2. The van der Waals surface area contributed by atoms with Crippen LogP contribution in [-0.4, -0.2) is 14.9 Å². The van der Waals surface area contributed by atoms with Crippen molar-refractivity contribution in [2.24, 2.45) is 0 Å². The third kappa shape index (κ3) is 1.71. The minimum atomic E-state index is 0.292. The molecule has 0 saturated carbocycles. The predicted octanol–water partition coefficient (Wildman–Crippen LogP) is 2.77. The van der Waals surface area contributed by atoms with Crippen molar-refractivity contribution in [3.8, 4) is 11.4 Å². The number of aryl methyl sites for hydroxylation is 1. The van der Waals surface area contributed by atoms with Gasteiger partial charge in [0.2, 0.25) is 0 Å². The highest BCUT2D eigenvalue weighted by atomic mass is 16.3. The summed E-state index contributed by atoms with van der Waals surface area (Å²) in [7, 11) is 0. The Morgan fingerprint density at radius 2 is 2.06 bits per heavy atom. The van der Waals surface area contributed by atoms with Gasteiger partial charge in [0.15, 0.2) is 0 Å². The van der Waals surface area contributed by atoms with Crippen LogP contribution >= 0.6 is 0 Å². The number of aromatic hydroxyl groups is 1. The van der Waals surface area contributed by atoms with Crippen LogP contribution in [0.4, 0.5) is 0 Å². The third-order valence-corrected chi connectivity index (χ3v) is 3.46. The number of phenols is 1. The van der Waals surface area contributed by atoms with Gasteiger partial charge in [-0.25, -0.2) is 4.68 Å². The molecular weight excluding hydrogens is 212 g/mol. The topological polar surface area (TPSA) is 38.0 Å². The maximum Gasteiger partial charge on any atom is 0.117 e. The molecule has 1 heterocycles. The molecule has 0 spiro atoms. The number of nitrogens with zero attached hydrogens (tertiary/aromatic N) is 2. The van der Waals surface area contributed by atoms with Gasteiger partial charge in [-0.2, -0.15) is 5.10 Å². The van der Waals surface area contributed by atoms with E-state index in [0.29, 0.717) is 5.75 Å². The molecule has 3 nitrogen and oxygen atoms in total.